The molecule has 1 aromatic carbocycles. The molecule has 0 atom stereocenters. The Bertz CT molecular complexity index is 738. The van der Waals surface area contributed by atoms with Gasteiger partial charge >= 0.3 is 0 Å². The van der Waals surface area contributed by atoms with Gasteiger partial charge in [0.2, 0.25) is 0 Å². The third-order valence-corrected chi connectivity index (χ3v) is 7.59. The van der Waals surface area contributed by atoms with Crippen molar-refractivity contribution in [2.75, 3.05) is 0 Å². The Balaban J connectivity index is 1.35. The van der Waals surface area contributed by atoms with Gasteiger partial charge in [-0.15, -0.1) is 0 Å². The fourth-order valence-electron chi connectivity index (χ4n) is 5.46. The Morgan fingerprint density at radius 2 is 1.58 bits per heavy atom. The maximum Gasteiger partial charge on any atom is 0.196 e. The lowest BCUT2D eigenvalue weighted by molar-refractivity contribution is 0.295. The molecule has 0 amide bonds. The van der Waals surface area contributed by atoms with Gasteiger partial charge < -0.3 is 0 Å². The molecule has 0 bridgehead atoms. The summed E-state index contributed by atoms with van der Waals surface area (Å²) in [4.78, 5) is 0. The first kappa shape index (κ1) is 23.8. The van der Waals surface area contributed by atoms with Crippen molar-refractivity contribution in [1.82, 2.24) is 0 Å². The smallest absolute Gasteiger partial charge is 0.195 e. The van der Waals surface area contributed by atoms with Crippen molar-refractivity contribution in [3.05, 3.63) is 59.4 Å². The number of benzene rings is 1. The van der Waals surface area contributed by atoms with Crippen LogP contribution in [0.5, 0.6) is 0 Å². The largest absolute Gasteiger partial charge is 0.196 e. The number of hydrogen-bond acceptors (Lipinski definition) is 1. The molecule has 0 aliphatic heterocycles. The van der Waals surface area contributed by atoms with Gasteiger partial charge in [0, 0.05) is 0 Å². The predicted octanol–water partition coefficient (Wildman–Crippen LogP) is 8.82. The fourth-order valence-corrected chi connectivity index (χ4v) is 5.46. The molecule has 0 aromatic heterocycles. The van der Waals surface area contributed by atoms with Gasteiger partial charge in [0.15, 0.2) is 5.83 Å². The van der Waals surface area contributed by atoms with Crippen molar-refractivity contribution in [3.8, 4) is 6.07 Å². The molecule has 0 radical (unpaired) electrons. The minimum absolute atomic E-state index is 0.629. The maximum atomic E-state index is 12.9. The molecule has 0 saturated heterocycles. The average Bonchev–Trinajstić information content (AvgIpc) is 2.83. The number of hydrogen-bond donors (Lipinski definition) is 0. The summed E-state index contributed by atoms with van der Waals surface area (Å²) in [6.07, 6.45) is 22.3. The highest BCUT2D eigenvalue weighted by Gasteiger charge is 2.22. The van der Waals surface area contributed by atoms with Gasteiger partial charge in [-0.05, 0) is 118 Å². The van der Waals surface area contributed by atoms with Crippen molar-refractivity contribution in [2.45, 2.75) is 96.3 Å². The molecule has 2 aliphatic rings. The number of nitriles is 1. The summed E-state index contributed by atoms with van der Waals surface area (Å²) in [5.41, 5.74) is 3.04. The zero-order chi connectivity index (χ0) is 21.9. The van der Waals surface area contributed by atoms with Crippen LogP contribution in [0, 0.1) is 29.1 Å². The summed E-state index contributed by atoms with van der Waals surface area (Å²) in [6, 6.07) is 11.0. The summed E-state index contributed by atoms with van der Waals surface area (Å²) < 4.78 is 12.9. The monoisotopic (exact) mass is 421 g/mol. The second-order valence-corrected chi connectivity index (χ2v) is 9.86. The quantitative estimate of drug-likeness (QED) is 0.288. The molecule has 0 N–H and O–H groups in total. The topological polar surface area (TPSA) is 23.8 Å². The van der Waals surface area contributed by atoms with E-state index in [1.165, 1.54) is 82.3 Å². The van der Waals surface area contributed by atoms with E-state index in [4.69, 9.17) is 5.26 Å². The molecule has 2 saturated carbocycles. The number of nitrogens with zero attached hydrogens (tertiary/aromatic N) is 1. The number of allylic oxidation sites excluding steroid dienone is 4. The number of halogens is 1. The molecule has 2 aliphatic carbocycles. The van der Waals surface area contributed by atoms with Crippen LogP contribution in [0.25, 0.3) is 0 Å². The SMILES string of the molecule is CCCCc1ccc([C@H]2CC[C@H](/C=C/[C@H]3CC[C@H](CCC=C(F)C#N)CC3)CC2)cc1. The van der Waals surface area contributed by atoms with Crippen molar-refractivity contribution in [2.24, 2.45) is 17.8 Å². The molecule has 2 fully saturated rings. The van der Waals surface area contributed by atoms with E-state index in [-0.39, 0.29) is 0 Å². The molecule has 2 heteroatoms. The van der Waals surface area contributed by atoms with E-state index in [0.29, 0.717) is 12.3 Å². The molecule has 0 heterocycles. The highest BCUT2D eigenvalue weighted by Crippen LogP contribution is 2.38. The normalized spacial score (nSPS) is 27.3. The number of aryl methyl sites for hydroxylation is 1. The van der Waals surface area contributed by atoms with Crippen LogP contribution in [0.1, 0.15) is 101 Å². The molecule has 31 heavy (non-hydrogen) atoms. The molecule has 1 nitrogen and oxygen atoms in total. The van der Waals surface area contributed by atoms with Crippen LogP contribution in [-0.2, 0) is 6.42 Å². The van der Waals surface area contributed by atoms with E-state index in [2.05, 4.69) is 43.3 Å². The summed E-state index contributed by atoms with van der Waals surface area (Å²) in [5, 5.41) is 8.48. The molecular weight excluding hydrogens is 381 g/mol. The Hall–Kier alpha value is -1.88. The van der Waals surface area contributed by atoms with Gasteiger partial charge in [-0.3, -0.25) is 0 Å². The second kappa shape index (κ2) is 12.8. The number of rotatable bonds is 9. The van der Waals surface area contributed by atoms with Crippen LogP contribution in [0.4, 0.5) is 4.39 Å². The summed E-state index contributed by atoms with van der Waals surface area (Å²) in [5.74, 6) is 2.32. The lowest BCUT2D eigenvalue weighted by Gasteiger charge is -2.29. The first-order valence-electron chi connectivity index (χ1n) is 12.7. The van der Waals surface area contributed by atoms with E-state index in [0.717, 1.165) is 24.2 Å². The van der Waals surface area contributed by atoms with Gasteiger partial charge in [-0.1, -0.05) is 49.8 Å². The van der Waals surface area contributed by atoms with E-state index in [1.54, 1.807) is 11.6 Å². The highest BCUT2D eigenvalue weighted by molar-refractivity contribution is 5.26. The van der Waals surface area contributed by atoms with Gasteiger partial charge in [0.25, 0.3) is 0 Å². The lowest BCUT2D eigenvalue weighted by Crippen LogP contribution is -2.14. The average molecular weight is 422 g/mol. The second-order valence-electron chi connectivity index (χ2n) is 9.86. The Kier molecular flexibility index (Phi) is 9.85. The fraction of sp³-hybridized carbons (Fsp3) is 0.621. The Labute approximate surface area is 189 Å². The molecule has 0 unspecified atom stereocenters. The van der Waals surface area contributed by atoms with Crippen LogP contribution >= 0.6 is 0 Å². The maximum absolute atomic E-state index is 12.9. The lowest BCUT2D eigenvalue weighted by atomic mass is 9.76. The van der Waals surface area contributed by atoms with Crippen LogP contribution < -0.4 is 0 Å². The van der Waals surface area contributed by atoms with Crippen molar-refractivity contribution in [1.29, 1.82) is 5.26 Å². The summed E-state index contributed by atoms with van der Waals surface area (Å²) >= 11 is 0. The first-order chi connectivity index (χ1) is 15.2. The van der Waals surface area contributed by atoms with Crippen LogP contribution in [0.2, 0.25) is 0 Å². The van der Waals surface area contributed by atoms with Gasteiger partial charge in [0.1, 0.15) is 6.07 Å². The molecular formula is C29H40FN. The Morgan fingerprint density at radius 1 is 0.968 bits per heavy atom. The van der Waals surface area contributed by atoms with Crippen LogP contribution in [0.15, 0.2) is 48.3 Å². The molecule has 0 spiro atoms. The summed E-state index contributed by atoms with van der Waals surface area (Å²) in [7, 11) is 0. The molecule has 1 aromatic rings. The minimum Gasteiger partial charge on any atom is -0.195 e. The standard InChI is InChI=1S/C29H40FN/c1-2-3-5-23-14-18-27(19-15-23)28-20-16-26(17-21-28)13-12-25-10-8-24(9-11-25)6-4-7-29(30)22-31/h7,12-15,18-19,24-26,28H,2-6,8-11,16-17,20-21H2,1H3/b13-12+,29-7?/t24-,25-,26-,28-. The van der Waals surface area contributed by atoms with Crippen molar-refractivity contribution < 1.29 is 4.39 Å². The van der Waals surface area contributed by atoms with E-state index in [9.17, 15) is 4.39 Å². The predicted molar refractivity (Wildman–Crippen MR) is 128 cm³/mol. The van der Waals surface area contributed by atoms with Gasteiger partial charge in [0.05, 0.1) is 0 Å². The number of unbranched alkanes of at least 4 members (excludes halogenated alkanes) is 1. The first-order valence-corrected chi connectivity index (χ1v) is 12.7. The van der Waals surface area contributed by atoms with Gasteiger partial charge in [-0.2, -0.15) is 9.65 Å². The summed E-state index contributed by atoms with van der Waals surface area (Å²) in [6.45, 7) is 2.26. The third kappa shape index (κ3) is 7.95. The van der Waals surface area contributed by atoms with E-state index >= 15 is 0 Å². The van der Waals surface area contributed by atoms with Crippen LogP contribution in [-0.4, -0.2) is 0 Å². The zero-order valence-electron chi connectivity index (χ0n) is 19.4. The van der Waals surface area contributed by atoms with Crippen molar-refractivity contribution in [3.63, 3.8) is 0 Å². The molecule has 168 valence electrons. The van der Waals surface area contributed by atoms with E-state index in [1.807, 2.05) is 0 Å². The molecule has 3 rings (SSSR count). The minimum atomic E-state index is -0.629. The Morgan fingerprint density at radius 3 is 2.16 bits per heavy atom. The highest BCUT2D eigenvalue weighted by atomic mass is 19.1. The van der Waals surface area contributed by atoms with Crippen molar-refractivity contribution >= 4 is 0 Å². The van der Waals surface area contributed by atoms with Gasteiger partial charge in [-0.25, -0.2) is 0 Å². The van der Waals surface area contributed by atoms with E-state index < -0.39 is 5.83 Å². The third-order valence-electron chi connectivity index (χ3n) is 7.59. The zero-order valence-corrected chi connectivity index (χ0v) is 19.4. The van der Waals surface area contributed by atoms with Crippen LogP contribution in [0.3, 0.4) is 0 Å².